The molecule has 238 valence electrons. The Bertz CT molecular complexity index is 2260. The normalized spacial score (nSPS) is 12.3. The fraction of sp³-hybridized carbons (Fsp3) is 0.0952. The van der Waals surface area contributed by atoms with Crippen molar-refractivity contribution in [2.24, 2.45) is 0 Å². The van der Waals surface area contributed by atoms with Crippen molar-refractivity contribution in [1.29, 1.82) is 0 Å². The summed E-state index contributed by atoms with van der Waals surface area (Å²) in [6, 6.07) is 49.7. The van der Waals surface area contributed by atoms with Crippen molar-refractivity contribution in [2.75, 3.05) is 6.54 Å². The van der Waals surface area contributed by atoms with Gasteiger partial charge in [0.1, 0.15) is 11.2 Å². The van der Waals surface area contributed by atoms with Gasteiger partial charge in [-0.15, -0.1) is 0 Å². The van der Waals surface area contributed by atoms with Crippen molar-refractivity contribution in [3.63, 3.8) is 0 Å². The topological polar surface area (TPSA) is 88.5 Å². The Morgan fingerprint density at radius 1 is 0.755 bits per heavy atom. The van der Waals surface area contributed by atoms with Gasteiger partial charge < -0.3 is 10.3 Å². The zero-order chi connectivity index (χ0) is 33.2. The number of amides is 1. The number of carbonyl (C=O) groups excluding carboxylic acids is 1. The fourth-order valence-corrected chi connectivity index (χ4v) is 6.84. The predicted molar refractivity (Wildman–Crippen MR) is 194 cm³/mol. The molecule has 0 saturated heterocycles. The highest BCUT2D eigenvalue weighted by atomic mass is 16.2. The largest absolute Gasteiger partial charge is 0.349 e. The molecular formula is C42H34N6O. The first-order valence-corrected chi connectivity index (χ1v) is 16.5. The Morgan fingerprint density at radius 3 is 1.88 bits per heavy atom. The van der Waals surface area contributed by atoms with Crippen LogP contribution in [0.15, 0.2) is 158 Å². The van der Waals surface area contributed by atoms with E-state index in [1.807, 2.05) is 54.6 Å². The molecule has 7 heteroatoms. The summed E-state index contributed by atoms with van der Waals surface area (Å²) in [5.41, 5.74) is 7.60. The molecular weight excluding hydrogens is 605 g/mol. The van der Waals surface area contributed by atoms with Crippen LogP contribution >= 0.6 is 0 Å². The average molecular weight is 639 g/mol. The van der Waals surface area contributed by atoms with Gasteiger partial charge in [-0.05, 0) is 52.4 Å². The van der Waals surface area contributed by atoms with E-state index in [4.69, 9.17) is 10.1 Å². The van der Waals surface area contributed by atoms with Crippen molar-refractivity contribution < 1.29 is 4.79 Å². The van der Waals surface area contributed by atoms with Crippen LogP contribution < -0.4 is 5.32 Å². The third kappa shape index (κ3) is 5.35. The van der Waals surface area contributed by atoms with Crippen LogP contribution in [0.5, 0.6) is 0 Å². The number of carbonyl (C=O) groups is 1. The van der Waals surface area contributed by atoms with E-state index < -0.39 is 5.54 Å². The van der Waals surface area contributed by atoms with Crippen molar-refractivity contribution in [3.8, 4) is 11.3 Å². The minimum absolute atomic E-state index is 0.160. The monoisotopic (exact) mass is 638 g/mol. The number of nitrogens with zero attached hydrogens (tertiary/aromatic N) is 4. The lowest BCUT2D eigenvalue weighted by Gasteiger charge is -2.37. The molecule has 0 aliphatic carbocycles. The smallest absolute Gasteiger partial charge is 0.287 e. The zero-order valence-corrected chi connectivity index (χ0v) is 27.0. The summed E-state index contributed by atoms with van der Waals surface area (Å²) < 4.78 is 2.14. The van der Waals surface area contributed by atoms with Crippen molar-refractivity contribution in [2.45, 2.75) is 18.4 Å². The highest BCUT2D eigenvalue weighted by Crippen LogP contribution is 2.44. The maximum absolute atomic E-state index is 13.4. The number of hydrogen-bond donors (Lipinski definition) is 2. The molecule has 0 aliphatic rings. The van der Waals surface area contributed by atoms with Gasteiger partial charge in [0.25, 0.3) is 5.91 Å². The molecule has 7 nitrogen and oxygen atoms in total. The summed E-state index contributed by atoms with van der Waals surface area (Å²) in [4.78, 5) is 25.8. The second kappa shape index (κ2) is 12.7. The standard InChI is InChI=1S/C42H34N6O/c1-29(30-14-6-2-7-15-30)28-44-41(49)40-45-36-26-35-38(27-37(36)46-40)48(47-39(35)31-22-24-43-25-23-31)42(32-16-8-3-9-17-32,33-18-10-4-11-19-33)34-20-12-5-13-21-34/h2-27,29H,28H2,1H3,(H,44,49)(H,45,46)/t29-/m1/s1. The first kappa shape index (κ1) is 30.0. The number of imidazole rings is 1. The summed E-state index contributed by atoms with van der Waals surface area (Å²) in [6.07, 6.45) is 3.57. The molecule has 3 heterocycles. The third-order valence-electron chi connectivity index (χ3n) is 9.28. The zero-order valence-electron chi connectivity index (χ0n) is 27.0. The van der Waals surface area contributed by atoms with Gasteiger partial charge >= 0.3 is 0 Å². The molecule has 1 atom stereocenters. The molecule has 49 heavy (non-hydrogen) atoms. The Kier molecular flexibility index (Phi) is 7.78. The lowest BCUT2D eigenvalue weighted by molar-refractivity contribution is 0.0942. The van der Waals surface area contributed by atoms with Crippen molar-refractivity contribution >= 4 is 27.8 Å². The Labute approximate surface area is 284 Å². The number of nitrogens with one attached hydrogen (secondary N) is 2. The van der Waals surface area contributed by atoms with Gasteiger partial charge in [0.2, 0.25) is 0 Å². The highest BCUT2D eigenvalue weighted by molar-refractivity contribution is 6.03. The molecule has 0 aliphatic heterocycles. The van der Waals surface area contributed by atoms with Gasteiger partial charge in [-0.1, -0.05) is 128 Å². The van der Waals surface area contributed by atoms with Gasteiger partial charge in [0.05, 0.1) is 16.6 Å². The third-order valence-corrected chi connectivity index (χ3v) is 9.28. The summed E-state index contributed by atoms with van der Waals surface area (Å²) >= 11 is 0. The highest BCUT2D eigenvalue weighted by Gasteiger charge is 2.41. The number of fused-ring (bicyclic) bond motifs is 2. The van der Waals surface area contributed by atoms with Crippen LogP contribution in [0.1, 0.15) is 45.7 Å². The number of hydrogen-bond acceptors (Lipinski definition) is 4. The summed E-state index contributed by atoms with van der Waals surface area (Å²) in [6.45, 7) is 2.60. The molecule has 5 aromatic carbocycles. The lowest BCUT2D eigenvalue weighted by Crippen LogP contribution is -2.38. The quantitative estimate of drug-likeness (QED) is 0.156. The number of rotatable bonds is 9. The van der Waals surface area contributed by atoms with E-state index in [1.165, 1.54) is 5.56 Å². The SMILES string of the molecule is C[C@H](CNC(=O)c1nc2cc3c(-c4ccncc4)nn(C(c4ccccc4)(c4ccccc4)c4ccccc4)c3cc2[nH]1)c1ccccc1. The van der Waals surface area contributed by atoms with E-state index in [2.05, 4.69) is 118 Å². The van der Waals surface area contributed by atoms with Crippen molar-refractivity contribution in [1.82, 2.24) is 30.0 Å². The molecule has 0 saturated carbocycles. The van der Waals surface area contributed by atoms with E-state index in [1.54, 1.807) is 12.4 Å². The molecule has 0 unspecified atom stereocenters. The van der Waals surface area contributed by atoms with E-state index in [0.29, 0.717) is 12.1 Å². The summed E-state index contributed by atoms with van der Waals surface area (Å²) in [5.74, 6) is 0.188. The second-order valence-corrected chi connectivity index (χ2v) is 12.3. The van der Waals surface area contributed by atoms with Gasteiger partial charge in [0.15, 0.2) is 5.82 Å². The number of aromatic amines is 1. The molecule has 0 fully saturated rings. The predicted octanol–water partition coefficient (Wildman–Crippen LogP) is 8.35. The van der Waals surface area contributed by atoms with Crippen LogP contribution in [0.3, 0.4) is 0 Å². The number of H-pyrrole nitrogens is 1. The van der Waals surface area contributed by atoms with Crippen LogP contribution in [0.25, 0.3) is 33.2 Å². The minimum Gasteiger partial charge on any atom is -0.349 e. The number of pyridine rings is 1. The molecule has 1 amide bonds. The number of benzene rings is 5. The molecule has 3 aromatic heterocycles. The second-order valence-electron chi connectivity index (χ2n) is 12.3. The molecule has 0 radical (unpaired) electrons. The molecule has 8 aromatic rings. The van der Waals surface area contributed by atoms with E-state index in [9.17, 15) is 4.79 Å². The van der Waals surface area contributed by atoms with E-state index >= 15 is 0 Å². The Morgan fingerprint density at radius 2 is 1.31 bits per heavy atom. The average Bonchev–Trinajstić information content (AvgIpc) is 3.77. The first-order chi connectivity index (χ1) is 24.1. The minimum atomic E-state index is -0.839. The van der Waals surface area contributed by atoms with Crippen LogP contribution in [-0.2, 0) is 5.54 Å². The van der Waals surface area contributed by atoms with Crippen LogP contribution in [-0.4, -0.2) is 37.2 Å². The first-order valence-electron chi connectivity index (χ1n) is 16.5. The maximum atomic E-state index is 13.4. The Balaban J connectivity index is 1.34. The van der Waals surface area contributed by atoms with Crippen LogP contribution in [0, 0.1) is 0 Å². The van der Waals surface area contributed by atoms with Gasteiger partial charge in [-0.3, -0.25) is 9.78 Å². The lowest BCUT2D eigenvalue weighted by atomic mass is 9.77. The molecule has 8 rings (SSSR count). The van der Waals surface area contributed by atoms with E-state index in [-0.39, 0.29) is 17.6 Å². The molecule has 0 bridgehead atoms. The van der Waals surface area contributed by atoms with Crippen LogP contribution in [0.2, 0.25) is 0 Å². The number of aromatic nitrogens is 5. The molecule has 0 spiro atoms. The van der Waals surface area contributed by atoms with E-state index in [0.717, 1.165) is 44.4 Å². The van der Waals surface area contributed by atoms with Gasteiger partial charge in [0, 0.05) is 29.9 Å². The van der Waals surface area contributed by atoms with Crippen LogP contribution in [0.4, 0.5) is 0 Å². The summed E-state index contributed by atoms with van der Waals surface area (Å²) in [7, 11) is 0. The van der Waals surface area contributed by atoms with Crippen molar-refractivity contribution in [3.05, 3.63) is 186 Å². The van der Waals surface area contributed by atoms with Gasteiger partial charge in [-0.25, -0.2) is 9.67 Å². The Hall–Kier alpha value is -6.34. The van der Waals surface area contributed by atoms with Gasteiger partial charge in [-0.2, -0.15) is 5.10 Å². The summed E-state index contributed by atoms with van der Waals surface area (Å²) in [5, 5.41) is 9.46. The molecule has 2 N–H and O–H groups in total. The maximum Gasteiger partial charge on any atom is 0.287 e. The fourth-order valence-electron chi connectivity index (χ4n) is 6.84.